The van der Waals surface area contributed by atoms with Crippen LogP contribution in [-0.2, 0) is 16.0 Å². The number of benzene rings is 1. The zero-order valence-corrected chi connectivity index (χ0v) is 19.9. The van der Waals surface area contributed by atoms with E-state index in [1.54, 1.807) is 44.0 Å². The summed E-state index contributed by atoms with van der Waals surface area (Å²) < 4.78 is 5.37. The molecule has 172 valence electrons. The van der Waals surface area contributed by atoms with Gasteiger partial charge in [-0.05, 0) is 38.5 Å². The van der Waals surface area contributed by atoms with Gasteiger partial charge in [-0.15, -0.1) is 0 Å². The van der Waals surface area contributed by atoms with E-state index in [0.29, 0.717) is 48.5 Å². The number of carbonyl (C=O) groups is 2. The highest BCUT2D eigenvalue weighted by molar-refractivity contribution is 6.32. The average molecular weight is 480 g/mol. The molecule has 0 saturated carbocycles. The Bertz CT molecular complexity index is 941. The largest absolute Gasteiger partial charge is 0.444 e. The maximum absolute atomic E-state index is 13.3. The van der Waals surface area contributed by atoms with Gasteiger partial charge in [0.05, 0.1) is 6.20 Å². The van der Waals surface area contributed by atoms with E-state index in [1.165, 1.54) is 6.33 Å². The number of anilines is 1. The molecule has 32 heavy (non-hydrogen) atoms. The second kappa shape index (κ2) is 10.4. The van der Waals surface area contributed by atoms with E-state index in [1.807, 2.05) is 17.0 Å². The van der Waals surface area contributed by atoms with Gasteiger partial charge in [-0.2, -0.15) is 0 Å². The standard InChI is InChI=1S/C22H27Cl2N5O3/c1-22(2,3)32-21(31)27-18(12-15-4-6-16(23)7-5-15)20(30)29-10-8-28(9-11-29)19-17(24)13-25-14-26-19/h4-7,13-14,18H,8-12H2,1-3H3,(H,27,31)/t18-/m1/s1. The van der Waals surface area contributed by atoms with Crippen molar-refractivity contribution < 1.29 is 14.3 Å². The van der Waals surface area contributed by atoms with Crippen molar-refractivity contribution in [2.75, 3.05) is 31.1 Å². The number of hydrogen-bond acceptors (Lipinski definition) is 6. The van der Waals surface area contributed by atoms with Gasteiger partial charge in [-0.3, -0.25) is 4.79 Å². The van der Waals surface area contributed by atoms with Crippen LogP contribution >= 0.6 is 23.2 Å². The van der Waals surface area contributed by atoms with E-state index < -0.39 is 17.7 Å². The van der Waals surface area contributed by atoms with Crippen LogP contribution in [0.25, 0.3) is 0 Å². The van der Waals surface area contributed by atoms with Crippen LogP contribution in [0.1, 0.15) is 26.3 Å². The fourth-order valence-corrected chi connectivity index (χ4v) is 3.75. The van der Waals surface area contributed by atoms with Crippen molar-refractivity contribution in [3.63, 3.8) is 0 Å². The van der Waals surface area contributed by atoms with Crippen LogP contribution in [0, 0.1) is 0 Å². The van der Waals surface area contributed by atoms with Crippen LogP contribution in [0.3, 0.4) is 0 Å². The molecule has 1 aliphatic rings. The van der Waals surface area contributed by atoms with Gasteiger partial charge in [0, 0.05) is 37.6 Å². The molecule has 10 heteroatoms. The Morgan fingerprint density at radius 1 is 1.12 bits per heavy atom. The van der Waals surface area contributed by atoms with Crippen molar-refractivity contribution in [2.24, 2.45) is 0 Å². The first-order valence-electron chi connectivity index (χ1n) is 10.4. The molecule has 1 atom stereocenters. The number of rotatable bonds is 5. The Morgan fingerprint density at radius 3 is 2.38 bits per heavy atom. The lowest BCUT2D eigenvalue weighted by atomic mass is 10.0. The minimum Gasteiger partial charge on any atom is -0.444 e. The molecule has 1 aliphatic heterocycles. The quantitative estimate of drug-likeness (QED) is 0.704. The molecule has 2 amide bonds. The fourth-order valence-electron chi connectivity index (χ4n) is 3.40. The molecule has 3 rings (SSSR count). The van der Waals surface area contributed by atoms with E-state index in [2.05, 4.69) is 15.3 Å². The molecule has 1 aromatic heterocycles. The molecule has 0 bridgehead atoms. The van der Waals surface area contributed by atoms with E-state index >= 15 is 0 Å². The van der Waals surface area contributed by atoms with Gasteiger partial charge in [0.2, 0.25) is 5.91 Å². The zero-order chi connectivity index (χ0) is 23.3. The summed E-state index contributed by atoms with van der Waals surface area (Å²) in [6, 6.07) is 6.44. The second-order valence-corrected chi connectivity index (χ2v) is 9.38. The molecule has 1 fully saturated rings. The van der Waals surface area contributed by atoms with E-state index in [4.69, 9.17) is 27.9 Å². The Morgan fingerprint density at radius 2 is 1.78 bits per heavy atom. The SMILES string of the molecule is CC(C)(C)OC(=O)N[C@H](Cc1ccc(Cl)cc1)C(=O)N1CCN(c2ncncc2Cl)CC1. The van der Waals surface area contributed by atoms with Gasteiger partial charge < -0.3 is 19.9 Å². The number of nitrogens with zero attached hydrogens (tertiary/aromatic N) is 4. The van der Waals surface area contributed by atoms with Crippen molar-refractivity contribution in [1.82, 2.24) is 20.2 Å². The van der Waals surface area contributed by atoms with Crippen LogP contribution in [-0.4, -0.2) is 64.7 Å². The van der Waals surface area contributed by atoms with E-state index in [0.717, 1.165) is 5.56 Å². The molecule has 0 spiro atoms. The summed E-state index contributed by atoms with van der Waals surface area (Å²) in [4.78, 5) is 37.7. The predicted molar refractivity (Wildman–Crippen MR) is 124 cm³/mol. The number of hydrogen-bond donors (Lipinski definition) is 1. The molecule has 0 unspecified atom stereocenters. The molecular weight excluding hydrogens is 453 g/mol. The van der Waals surface area contributed by atoms with Crippen molar-refractivity contribution in [3.05, 3.63) is 52.4 Å². The van der Waals surface area contributed by atoms with Crippen LogP contribution in [0.15, 0.2) is 36.8 Å². The zero-order valence-electron chi connectivity index (χ0n) is 18.3. The Balaban J connectivity index is 1.69. The van der Waals surface area contributed by atoms with Gasteiger partial charge in [0.1, 0.15) is 23.0 Å². The number of amides is 2. The third-order valence-electron chi connectivity index (χ3n) is 4.88. The predicted octanol–water partition coefficient (Wildman–Crippen LogP) is 3.57. The van der Waals surface area contributed by atoms with Gasteiger partial charge in [0.15, 0.2) is 5.82 Å². The molecule has 2 aromatic rings. The number of alkyl carbamates (subject to hydrolysis) is 1. The number of aromatic nitrogens is 2. The molecule has 2 heterocycles. The maximum Gasteiger partial charge on any atom is 0.408 e. The lowest BCUT2D eigenvalue weighted by molar-refractivity contribution is -0.133. The molecule has 1 saturated heterocycles. The third kappa shape index (κ3) is 6.71. The van der Waals surface area contributed by atoms with Gasteiger partial charge in [0.25, 0.3) is 0 Å². The number of ether oxygens (including phenoxy) is 1. The Kier molecular flexibility index (Phi) is 7.79. The number of carbonyl (C=O) groups excluding carboxylic acids is 2. The van der Waals surface area contributed by atoms with Crippen LogP contribution in [0.2, 0.25) is 10.0 Å². The van der Waals surface area contributed by atoms with Crippen LogP contribution in [0.5, 0.6) is 0 Å². The monoisotopic (exact) mass is 479 g/mol. The lowest BCUT2D eigenvalue weighted by Gasteiger charge is -2.37. The molecule has 0 radical (unpaired) electrons. The summed E-state index contributed by atoms with van der Waals surface area (Å²) in [7, 11) is 0. The summed E-state index contributed by atoms with van der Waals surface area (Å²) in [5.41, 5.74) is 0.218. The molecular formula is C22H27Cl2N5O3. The molecule has 1 aromatic carbocycles. The first-order chi connectivity index (χ1) is 15.1. The van der Waals surface area contributed by atoms with Crippen molar-refractivity contribution in [1.29, 1.82) is 0 Å². The first kappa shape index (κ1) is 24.1. The molecule has 1 N–H and O–H groups in total. The van der Waals surface area contributed by atoms with Crippen LogP contribution < -0.4 is 10.2 Å². The number of nitrogens with one attached hydrogen (secondary N) is 1. The van der Waals surface area contributed by atoms with Gasteiger partial charge in [-0.25, -0.2) is 14.8 Å². The number of piperazine rings is 1. The van der Waals surface area contributed by atoms with Crippen molar-refractivity contribution >= 4 is 41.0 Å². The molecule has 8 nitrogen and oxygen atoms in total. The second-order valence-electron chi connectivity index (χ2n) is 8.54. The summed E-state index contributed by atoms with van der Waals surface area (Å²) in [6.07, 6.45) is 2.70. The minimum atomic E-state index is -0.764. The fraction of sp³-hybridized carbons (Fsp3) is 0.455. The van der Waals surface area contributed by atoms with E-state index in [-0.39, 0.29) is 5.91 Å². The minimum absolute atomic E-state index is 0.167. The highest BCUT2D eigenvalue weighted by Crippen LogP contribution is 2.23. The first-order valence-corrected chi connectivity index (χ1v) is 11.1. The maximum atomic E-state index is 13.3. The average Bonchev–Trinajstić information content (AvgIpc) is 2.73. The van der Waals surface area contributed by atoms with Gasteiger partial charge >= 0.3 is 6.09 Å². The van der Waals surface area contributed by atoms with Crippen molar-refractivity contribution in [3.8, 4) is 0 Å². The van der Waals surface area contributed by atoms with Gasteiger partial charge in [-0.1, -0.05) is 35.3 Å². The summed E-state index contributed by atoms with van der Waals surface area (Å²) in [5.74, 6) is 0.484. The summed E-state index contributed by atoms with van der Waals surface area (Å²) in [5, 5.41) is 3.82. The number of halogens is 2. The Labute approximate surface area is 197 Å². The topological polar surface area (TPSA) is 87.7 Å². The van der Waals surface area contributed by atoms with Crippen molar-refractivity contribution in [2.45, 2.75) is 38.8 Å². The van der Waals surface area contributed by atoms with E-state index in [9.17, 15) is 9.59 Å². The van der Waals surface area contributed by atoms with Crippen LogP contribution in [0.4, 0.5) is 10.6 Å². The highest BCUT2D eigenvalue weighted by Gasteiger charge is 2.31. The Hall–Kier alpha value is -2.58. The summed E-state index contributed by atoms with van der Waals surface area (Å²) >= 11 is 12.2. The molecule has 0 aliphatic carbocycles. The smallest absolute Gasteiger partial charge is 0.408 e. The normalized spacial score (nSPS) is 15.3. The third-order valence-corrected chi connectivity index (χ3v) is 5.40. The summed E-state index contributed by atoms with van der Waals surface area (Å²) in [6.45, 7) is 7.43. The highest BCUT2D eigenvalue weighted by atomic mass is 35.5. The lowest BCUT2D eigenvalue weighted by Crippen LogP contribution is -2.56.